The van der Waals surface area contributed by atoms with Gasteiger partial charge in [-0.25, -0.2) is 0 Å². The van der Waals surface area contributed by atoms with Crippen molar-refractivity contribution < 1.29 is 4.79 Å². The molecular weight excluding hydrogens is 393 g/mol. The summed E-state index contributed by atoms with van der Waals surface area (Å²) in [6.45, 7) is 2.95. The molecule has 0 radical (unpaired) electrons. The molecule has 1 unspecified atom stereocenters. The van der Waals surface area contributed by atoms with Gasteiger partial charge in [-0.3, -0.25) is 9.48 Å². The number of carbonyl (C=O) groups excluding carboxylic acids is 1. The van der Waals surface area contributed by atoms with Gasteiger partial charge in [0.15, 0.2) is 0 Å². The zero-order chi connectivity index (χ0) is 19.7. The molecule has 2 aromatic rings. The molecule has 28 heavy (non-hydrogen) atoms. The summed E-state index contributed by atoms with van der Waals surface area (Å²) < 4.78 is 2.18. The lowest BCUT2D eigenvalue weighted by molar-refractivity contribution is -0.135. The Morgan fingerprint density at radius 2 is 1.82 bits per heavy atom. The first-order valence-electron chi connectivity index (χ1n) is 10.3. The van der Waals surface area contributed by atoms with E-state index in [9.17, 15) is 4.79 Å². The molecule has 1 atom stereocenters. The summed E-state index contributed by atoms with van der Waals surface area (Å²) in [7, 11) is 0. The fourth-order valence-electron chi connectivity index (χ4n) is 4.36. The van der Waals surface area contributed by atoms with Crippen LogP contribution in [0.1, 0.15) is 74.0 Å². The molecule has 1 saturated heterocycles. The molecule has 6 heteroatoms. The third kappa shape index (κ3) is 4.23. The lowest BCUT2D eigenvalue weighted by Gasteiger charge is -2.35. The normalized spacial score (nSPS) is 20.2. The van der Waals surface area contributed by atoms with Crippen molar-refractivity contribution in [3.05, 3.63) is 51.3 Å². The molecule has 1 aliphatic carbocycles. The van der Waals surface area contributed by atoms with Gasteiger partial charge in [0, 0.05) is 28.7 Å². The molecule has 2 heterocycles. The van der Waals surface area contributed by atoms with E-state index in [0.29, 0.717) is 28.9 Å². The number of aryl methyl sites for hydroxylation is 2. The van der Waals surface area contributed by atoms with Gasteiger partial charge in [0.25, 0.3) is 0 Å². The third-order valence-electron chi connectivity index (χ3n) is 6.08. The summed E-state index contributed by atoms with van der Waals surface area (Å²) in [5, 5.41) is 6.14. The van der Waals surface area contributed by atoms with Crippen LogP contribution in [0.5, 0.6) is 0 Å². The highest BCUT2D eigenvalue weighted by molar-refractivity contribution is 6.34. The summed E-state index contributed by atoms with van der Waals surface area (Å²) in [4.78, 5) is 15.1. The van der Waals surface area contributed by atoms with Crippen molar-refractivity contribution in [2.45, 2.75) is 70.4 Å². The molecule has 0 N–H and O–H groups in total. The standard InChI is InChI=1S/C22H27Cl2N3O/c1-15-11-20(25-27(15)19-5-4-6-19)21-7-2-3-10-26(21)22(28)9-8-16-12-17(23)14-18(24)13-16/h11-14,19,21H,2-10H2,1H3. The Labute approximate surface area is 176 Å². The van der Waals surface area contributed by atoms with Gasteiger partial charge in [-0.1, -0.05) is 23.2 Å². The van der Waals surface area contributed by atoms with E-state index in [1.807, 2.05) is 17.0 Å². The fourth-order valence-corrected chi connectivity index (χ4v) is 4.93. The van der Waals surface area contributed by atoms with Crippen LogP contribution >= 0.6 is 23.2 Å². The van der Waals surface area contributed by atoms with Crippen LogP contribution in [0, 0.1) is 6.92 Å². The number of rotatable bonds is 5. The Morgan fingerprint density at radius 1 is 1.07 bits per heavy atom. The summed E-state index contributed by atoms with van der Waals surface area (Å²) >= 11 is 12.2. The highest BCUT2D eigenvalue weighted by Crippen LogP contribution is 2.35. The molecule has 150 valence electrons. The molecule has 1 aromatic carbocycles. The minimum atomic E-state index is 0.101. The number of aromatic nitrogens is 2. The van der Waals surface area contributed by atoms with Gasteiger partial charge in [-0.2, -0.15) is 5.10 Å². The zero-order valence-electron chi connectivity index (χ0n) is 16.3. The average Bonchev–Trinajstić information content (AvgIpc) is 2.99. The first kappa shape index (κ1) is 19.8. The molecule has 0 bridgehead atoms. The van der Waals surface area contributed by atoms with Gasteiger partial charge in [0.2, 0.25) is 5.91 Å². The van der Waals surface area contributed by atoms with Crippen molar-refractivity contribution >= 4 is 29.1 Å². The van der Waals surface area contributed by atoms with Gasteiger partial charge in [0.1, 0.15) is 0 Å². The number of piperidine rings is 1. The van der Waals surface area contributed by atoms with Crippen LogP contribution in [-0.4, -0.2) is 27.1 Å². The van der Waals surface area contributed by atoms with Gasteiger partial charge < -0.3 is 4.90 Å². The van der Waals surface area contributed by atoms with Crippen molar-refractivity contribution in [1.29, 1.82) is 0 Å². The lowest BCUT2D eigenvalue weighted by atomic mass is 9.93. The molecule has 4 rings (SSSR count). The molecule has 0 spiro atoms. The molecule has 1 amide bonds. The predicted octanol–water partition coefficient (Wildman–Crippen LogP) is 5.91. The number of nitrogens with zero attached hydrogens (tertiary/aromatic N) is 3. The fraction of sp³-hybridized carbons (Fsp3) is 0.545. The van der Waals surface area contributed by atoms with Crippen LogP contribution in [-0.2, 0) is 11.2 Å². The predicted molar refractivity (Wildman–Crippen MR) is 113 cm³/mol. The Morgan fingerprint density at radius 3 is 2.50 bits per heavy atom. The Bertz CT molecular complexity index is 839. The minimum Gasteiger partial charge on any atom is -0.334 e. The summed E-state index contributed by atoms with van der Waals surface area (Å²) in [6.07, 6.45) is 8.06. The number of benzene rings is 1. The van der Waals surface area contributed by atoms with Crippen molar-refractivity contribution in [2.24, 2.45) is 0 Å². The van der Waals surface area contributed by atoms with Gasteiger partial charge in [-0.05, 0) is 81.7 Å². The number of carbonyl (C=O) groups is 1. The SMILES string of the molecule is Cc1cc(C2CCCCN2C(=O)CCc2cc(Cl)cc(Cl)c2)nn1C1CCC1. The number of amides is 1. The molecule has 1 aromatic heterocycles. The van der Waals surface area contributed by atoms with Gasteiger partial charge >= 0.3 is 0 Å². The highest BCUT2D eigenvalue weighted by Gasteiger charge is 2.31. The average molecular weight is 420 g/mol. The number of halogens is 2. The van der Waals surface area contributed by atoms with E-state index < -0.39 is 0 Å². The smallest absolute Gasteiger partial charge is 0.223 e. The van der Waals surface area contributed by atoms with Crippen molar-refractivity contribution in [1.82, 2.24) is 14.7 Å². The second-order valence-corrected chi connectivity index (χ2v) is 8.99. The number of hydrogen-bond acceptors (Lipinski definition) is 2. The summed E-state index contributed by atoms with van der Waals surface area (Å²) in [6, 6.07) is 8.33. The van der Waals surface area contributed by atoms with E-state index in [-0.39, 0.29) is 11.9 Å². The maximum absolute atomic E-state index is 13.0. The molecule has 4 nitrogen and oxygen atoms in total. The Hall–Kier alpha value is -1.52. The van der Waals surface area contributed by atoms with E-state index in [1.54, 1.807) is 6.07 Å². The quantitative estimate of drug-likeness (QED) is 0.603. The molecule has 1 aliphatic heterocycles. The van der Waals surface area contributed by atoms with E-state index in [4.69, 9.17) is 28.3 Å². The highest BCUT2D eigenvalue weighted by atomic mass is 35.5. The molecule has 2 fully saturated rings. The van der Waals surface area contributed by atoms with Crippen LogP contribution < -0.4 is 0 Å². The van der Waals surface area contributed by atoms with Gasteiger partial charge in [-0.15, -0.1) is 0 Å². The Kier molecular flexibility index (Phi) is 5.98. The maximum atomic E-state index is 13.0. The molecular formula is C22H27Cl2N3O. The number of likely N-dealkylation sites (tertiary alicyclic amines) is 1. The van der Waals surface area contributed by atoms with Crippen molar-refractivity contribution in [2.75, 3.05) is 6.54 Å². The Balaban J connectivity index is 1.46. The third-order valence-corrected chi connectivity index (χ3v) is 6.51. The molecule has 1 saturated carbocycles. The van der Waals surface area contributed by atoms with E-state index in [2.05, 4.69) is 17.7 Å². The van der Waals surface area contributed by atoms with Crippen LogP contribution in [0.25, 0.3) is 0 Å². The largest absolute Gasteiger partial charge is 0.334 e. The van der Waals surface area contributed by atoms with Crippen LogP contribution in [0.2, 0.25) is 10.0 Å². The minimum absolute atomic E-state index is 0.101. The number of hydrogen-bond donors (Lipinski definition) is 0. The first-order chi connectivity index (χ1) is 13.5. The van der Waals surface area contributed by atoms with Crippen LogP contribution in [0.15, 0.2) is 24.3 Å². The monoisotopic (exact) mass is 419 g/mol. The zero-order valence-corrected chi connectivity index (χ0v) is 17.8. The topological polar surface area (TPSA) is 38.1 Å². The second kappa shape index (κ2) is 8.46. The summed E-state index contributed by atoms with van der Waals surface area (Å²) in [5.74, 6) is 0.191. The van der Waals surface area contributed by atoms with Gasteiger partial charge in [0.05, 0.1) is 17.8 Å². The van der Waals surface area contributed by atoms with Crippen LogP contribution in [0.3, 0.4) is 0 Å². The van der Waals surface area contributed by atoms with Crippen LogP contribution in [0.4, 0.5) is 0 Å². The van der Waals surface area contributed by atoms with E-state index in [1.165, 1.54) is 25.0 Å². The van der Waals surface area contributed by atoms with Crippen molar-refractivity contribution in [3.63, 3.8) is 0 Å². The van der Waals surface area contributed by atoms with E-state index >= 15 is 0 Å². The molecule has 2 aliphatic rings. The second-order valence-electron chi connectivity index (χ2n) is 8.12. The van der Waals surface area contributed by atoms with Crippen molar-refractivity contribution in [3.8, 4) is 0 Å². The maximum Gasteiger partial charge on any atom is 0.223 e. The summed E-state index contributed by atoms with van der Waals surface area (Å²) in [5.41, 5.74) is 3.28. The first-order valence-corrected chi connectivity index (χ1v) is 11.1. The van der Waals surface area contributed by atoms with E-state index in [0.717, 1.165) is 37.1 Å². The lowest BCUT2D eigenvalue weighted by Crippen LogP contribution is -2.39.